The zero-order valence-corrected chi connectivity index (χ0v) is 19.5. The maximum atomic E-state index is 5.81. The Labute approximate surface area is 183 Å². The summed E-state index contributed by atoms with van der Waals surface area (Å²) >= 11 is 0. The summed E-state index contributed by atoms with van der Waals surface area (Å²) in [5.74, 6) is 1.71. The lowest BCUT2D eigenvalue weighted by Gasteiger charge is -2.44. The van der Waals surface area contributed by atoms with Crippen LogP contribution in [0.5, 0.6) is 0 Å². The first-order chi connectivity index (χ1) is 12.8. The van der Waals surface area contributed by atoms with Crippen LogP contribution in [0.4, 0.5) is 0 Å². The van der Waals surface area contributed by atoms with Gasteiger partial charge in [0, 0.05) is 45.8 Å². The zero-order chi connectivity index (χ0) is 18.1. The van der Waals surface area contributed by atoms with E-state index in [0.29, 0.717) is 11.3 Å². The van der Waals surface area contributed by atoms with E-state index in [1.807, 2.05) is 7.05 Å². The molecular weight excluding hydrogens is 453 g/mol. The predicted molar refractivity (Wildman–Crippen MR) is 122 cm³/mol. The number of rotatable bonds is 6. The quantitative estimate of drug-likeness (QED) is 0.263. The molecular formula is C21H40IN3O2. The molecule has 1 aliphatic carbocycles. The van der Waals surface area contributed by atoms with Gasteiger partial charge in [0.2, 0.25) is 0 Å². The number of guanidine groups is 1. The number of hydrogen-bond donors (Lipinski definition) is 1. The Bertz CT molecular complexity index is 433. The van der Waals surface area contributed by atoms with Crippen molar-refractivity contribution in [1.29, 1.82) is 0 Å². The van der Waals surface area contributed by atoms with Crippen molar-refractivity contribution in [3.63, 3.8) is 0 Å². The highest BCUT2D eigenvalue weighted by Gasteiger charge is 2.36. The van der Waals surface area contributed by atoms with Crippen molar-refractivity contribution >= 4 is 29.9 Å². The van der Waals surface area contributed by atoms with Gasteiger partial charge in [-0.25, -0.2) is 0 Å². The first-order valence-corrected chi connectivity index (χ1v) is 10.9. The van der Waals surface area contributed by atoms with Crippen LogP contribution in [0.25, 0.3) is 0 Å². The summed E-state index contributed by atoms with van der Waals surface area (Å²) in [4.78, 5) is 7.09. The Kier molecular flexibility index (Phi) is 10.7. The Morgan fingerprint density at radius 3 is 2.67 bits per heavy atom. The topological polar surface area (TPSA) is 46.1 Å². The second kappa shape index (κ2) is 12.5. The number of halogens is 1. The monoisotopic (exact) mass is 493 g/mol. The fraction of sp³-hybridized carbons (Fsp3) is 0.952. The van der Waals surface area contributed by atoms with E-state index in [2.05, 4.69) is 15.2 Å². The average molecular weight is 493 g/mol. The molecule has 5 nitrogen and oxygen atoms in total. The Balaban J connectivity index is 0.00000261. The largest absolute Gasteiger partial charge is 0.381 e. The van der Waals surface area contributed by atoms with Gasteiger partial charge in [0.1, 0.15) is 0 Å². The third-order valence-electron chi connectivity index (χ3n) is 6.46. The van der Waals surface area contributed by atoms with Gasteiger partial charge < -0.3 is 19.7 Å². The van der Waals surface area contributed by atoms with Crippen molar-refractivity contribution in [3.05, 3.63) is 0 Å². The highest BCUT2D eigenvalue weighted by Crippen LogP contribution is 2.42. The van der Waals surface area contributed by atoms with Gasteiger partial charge in [-0.3, -0.25) is 4.99 Å². The fourth-order valence-corrected chi connectivity index (χ4v) is 4.95. The van der Waals surface area contributed by atoms with E-state index in [1.54, 1.807) is 0 Å². The SMILES string of the molecule is CN=C(NCCCOCC1CCOC1)N1CCCC2(CCCCCC2)C1.I. The number of nitrogens with one attached hydrogen (secondary N) is 1. The van der Waals surface area contributed by atoms with Crippen LogP contribution in [0, 0.1) is 11.3 Å². The molecule has 0 aromatic carbocycles. The molecule has 3 aliphatic rings. The molecule has 1 unspecified atom stereocenters. The smallest absolute Gasteiger partial charge is 0.193 e. The van der Waals surface area contributed by atoms with Gasteiger partial charge in [-0.05, 0) is 43.9 Å². The number of ether oxygens (including phenoxy) is 2. The molecule has 158 valence electrons. The predicted octanol–water partition coefficient (Wildman–Crippen LogP) is 4.06. The molecule has 1 saturated carbocycles. The van der Waals surface area contributed by atoms with E-state index in [0.717, 1.165) is 58.3 Å². The van der Waals surface area contributed by atoms with Crippen LogP contribution in [0.3, 0.4) is 0 Å². The van der Waals surface area contributed by atoms with E-state index in [-0.39, 0.29) is 24.0 Å². The van der Waals surface area contributed by atoms with Crippen LogP contribution in [-0.4, -0.2) is 64.0 Å². The molecule has 2 heterocycles. The first kappa shape index (κ1) is 23.2. The van der Waals surface area contributed by atoms with Crippen molar-refractivity contribution in [2.45, 2.75) is 64.2 Å². The molecule has 0 amide bonds. The fourth-order valence-electron chi connectivity index (χ4n) is 4.95. The maximum Gasteiger partial charge on any atom is 0.193 e. The normalized spacial score (nSPS) is 25.9. The van der Waals surface area contributed by atoms with Crippen molar-refractivity contribution in [1.82, 2.24) is 10.2 Å². The van der Waals surface area contributed by atoms with Crippen LogP contribution in [-0.2, 0) is 9.47 Å². The average Bonchev–Trinajstić information content (AvgIpc) is 3.08. The Morgan fingerprint density at radius 2 is 1.96 bits per heavy atom. The second-order valence-electron chi connectivity index (χ2n) is 8.57. The van der Waals surface area contributed by atoms with Gasteiger partial charge in [-0.1, -0.05) is 25.7 Å². The molecule has 0 aromatic rings. The van der Waals surface area contributed by atoms with Crippen LogP contribution in [0.15, 0.2) is 4.99 Å². The number of likely N-dealkylation sites (tertiary alicyclic amines) is 1. The standard InChI is InChI=1S/C21H39N3O2.HI/c1-22-20(23-12-7-14-25-16-19-8-15-26-17-19)24-13-6-11-21(18-24)9-4-2-3-5-10-21;/h19H,2-18H2,1H3,(H,22,23);1H. The van der Waals surface area contributed by atoms with E-state index in [9.17, 15) is 0 Å². The van der Waals surface area contributed by atoms with Gasteiger partial charge in [-0.15, -0.1) is 24.0 Å². The van der Waals surface area contributed by atoms with Gasteiger partial charge in [-0.2, -0.15) is 0 Å². The third kappa shape index (κ3) is 7.35. The molecule has 1 spiro atoms. The summed E-state index contributed by atoms with van der Waals surface area (Å²) in [6.45, 7) is 6.75. The van der Waals surface area contributed by atoms with E-state index >= 15 is 0 Å². The van der Waals surface area contributed by atoms with Gasteiger partial charge >= 0.3 is 0 Å². The molecule has 0 radical (unpaired) electrons. The number of nitrogens with zero attached hydrogens (tertiary/aromatic N) is 2. The molecule has 27 heavy (non-hydrogen) atoms. The third-order valence-corrected chi connectivity index (χ3v) is 6.46. The minimum atomic E-state index is 0. The summed E-state index contributed by atoms with van der Waals surface area (Å²) in [7, 11) is 1.92. The lowest BCUT2D eigenvalue weighted by molar-refractivity contribution is 0.0883. The van der Waals surface area contributed by atoms with Crippen LogP contribution in [0.1, 0.15) is 64.2 Å². The minimum Gasteiger partial charge on any atom is -0.381 e. The summed E-state index contributed by atoms with van der Waals surface area (Å²) in [6, 6.07) is 0. The van der Waals surface area contributed by atoms with Crippen LogP contribution >= 0.6 is 24.0 Å². The van der Waals surface area contributed by atoms with E-state index in [4.69, 9.17) is 9.47 Å². The summed E-state index contributed by atoms with van der Waals surface area (Å²) in [6.07, 6.45) is 13.5. The summed E-state index contributed by atoms with van der Waals surface area (Å²) in [5, 5.41) is 3.58. The van der Waals surface area contributed by atoms with Crippen molar-refractivity contribution < 1.29 is 9.47 Å². The van der Waals surface area contributed by atoms with E-state index < -0.39 is 0 Å². The molecule has 2 saturated heterocycles. The second-order valence-corrected chi connectivity index (χ2v) is 8.57. The highest BCUT2D eigenvalue weighted by molar-refractivity contribution is 14.0. The number of hydrogen-bond acceptors (Lipinski definition) is 3. The molecule has 1 atom stereocenters. The molecule has 3 fully saturated rings. The molecule has 3 rings (SSSR count). The summed E-state index contributed by atoms with van der Waals surface area (Å²) < 4.78 is 11.2. The van der Waals surface area contributed by atoms with Crippen molar-refractivity contribution in [2.24, 2.45) is 16.3 Å². The Hall–Kier alpha value is -0.0800. The van der Waals surface area contributed by atoms with Gasteiger partial charge in [0.05, 0.1) is 13.2 Å². The highest BCUT2D eigenvalue weighted by atomic mass is 127. The number of piperidine rings is 1. The zero-order valence-electron chi connectivity index (χ0n) is 17.2. The van der Waals surface area contributed by atoms with Gasteiger partial charge in [0.15, 0.2) is 5.96 Å². The van der Waals surface area contributed by atoms with Crippen LogP contribution < -0.4 is 5.32 Å². The molecule has 2 aliphatic heterocycles. The molecule has 0 bridgehead atoms. The summed E-state index contributed by atoms with van der Waals surface area (Å²) in [5.41, 5.74) is 0.554. The van der Waals surface area contributed by atoms with Gasteiger partial charge in [0.25, 0.3) is 0 Å². The maximum absolute atomic E-state index is 5.81. The molecule has 0 aromatic heterocycles. The molecule has 1 N–H and O–H groups in total. The van der Waals surface area contributed by atoms with Crippen molar-refractivity contribution in [2.75, 3.05) is 53.1 Å². The first-order valence-electron chi connectivity index (χ1n) is 10.9. The number of aliphatic imine (C=N–C) groups is 1. The molecule has 6 heteroatoms. The van der Waals surface area contributed by atoms with Crippen molar-refractivity contribution in [3.8, 4) is 0 Å². The van der Waals surface area contributed by atoms with Crippen LogP contribution in [0.2, 0.25) is 0 Å². The van der Waals surface area contributed by atoms with E-state index in [1.165, 1.54) is 57.9 Å². The Morgan fingerprint density at radius 1 is 1.19 bits per heavy atom. The lowest BCUT2D eigenvalue weighted by Crippen LogP contribution is -2.50. The lowest BCUT2D eigenvalue weighted by atomic mass is 9.74. The minimum absolute atomic E-state index is 0.